The molecule has 0 saturated carbocycles. The van der Waals surface area contributed by atoms with Crippen molar-refractivity contribution in [1.82, 2.24) is 9.29 Å². The van der Waals surface area contributed by atoms with Gasteiger partial charge in [-0.1, -0.05) is 32.4 Å². The number of fused-ring (bicyclic) bond motifs is 1. The summed E-state index contributed by atoms with van der Waals surface area (Å²) in [6, 6.07) is 3.27. The number of hydrogen-bond donors (Lipinski definition) is 0. The van der Waals surface area contributed by atoms with Crippen molar-refractivity contribution in [2.75, 3.05) is 13.1 Å². The van der Waals surface area contributed by atoms with Crippen LogP contribution in [0.4, 0.5) is 0 Å². The van der Waals surface area contributed by atoms with E-state index in [0.717, 1.165) is 6.42 Å². The van der Waals surface area contributed by atoms with E-state index in [1.165, 1.54) is 4.31 Å². The highest BCUT2D eigenvalue weighted by Crippen LogP contribution is 2.35. The van der Waals surface area contributed by atoms with Gasteiger partial charge in [-0.05, 0) is 24.5 Å². The molecule has 1 saturated heterocycles. The second kappa shape index (κ2) is 5.51. The minimum Gasteiger partial charge on any atom is -0.439 e. The van der Waals surface area contributed by atoms with E-state index in [1.807, 2.05) is 20.8 Å². The summed E-state index contributed by atoms with van der Waals surface area (Å²) >= 11 is 6.20. The van der Waals surface area contributed by atoms with Crippen LogP contribution in [-0.4, -0.2) is 30.8 Å². The van der Waals surface area contributed by atoms with Crippen LogP contribution in [0.2, 0.25) is 5.02 Å². The van der Waals surface area contributed by atoms with E-state index in [2.05, 4.69) is 4.98 Å². The zero-order chi connectivity index (χ0) is 16.1. The smallest absolute Gasteiger partial charge is 0.248 e. The third kappa shape index (κ3) is 2.53. The Morgan fingerprint density at radius 2 is 2.14 bits per heavy atom. The van der Waals surface area contributed by atoms with Gasteiger partial charge in [0.2, 0.25) is 10.0 Å². The molecule has 0 radical (unpaired) electrons. The van der Waals surface area contributed by atoms with E-state index in [4.69, 9.17) is 16.0 Å². The van der Waals surface area contributed by atoms with E-state index >= 15 is 0 Å². The molecule has 1 aromatic carbocycles. The minimum absolute atomic E-state index is 0.0418. The van der Waals surface area contributed by atoms with Crippen LogP contribution in [0.1, 0.15) is 39.0 Å². The highest BCUT2D eigenvalue weighted by atomic mass is 35.5. The Bertz CT molecular complexity index is 814. The van der Waals surface area contributed by atoms with E-state index in [0.29, 0.717) is 30.4 Å². The molecule has 1 atom stereocenters. The molecule has 0 bridgehead atoms. The largest absolute Gasteiger partial charge is 0.439 e. The second-order valence-electron chi connectivity index (χ2n) is 6.19. The minimum atomic E-state index is -3.67. The van der Waals surface area contributed by atoms with Gasteiger partial charge < -0.3 is 4.42 Å². The van der Waals surface area contributed by atoms with Crippen LogP contribution in [-0.2, 0) is 10.0 Å². The molecule has 1 aromatic heterocycles. The Balaban J connectivity index is 2.19. The van der Waals surface area contributed by atoms with Crippen molar-refractivity contribution in [3.05, 3.63) is 23.0 Å². The Morgan fingerprint density at radius 1 is 1.41 bits per heavy atom. The number of aromatic nitrogens is 1. The summed E-state index contributed by atoms with van der Waals surface area (Å²) in [4.78, 5) is 4.40. The third-order valence-electron chi connectivity index (χ3n) is 3.96. The molecule has 1 unspecified atom stereocenters. The number of hydrogen-bond acceptors (Lipinski definition) is 4. The van der Waals surface area contributed by atoms with Gasteiger partial charge in [0, 0.05) is 19.0 Å². The molecule has 0 spiro atoms. The quantitative estimate of drug-likeness (QED) is 0.854. The average molecular weight is 343 g/mol. The van der Waals surface area contributed by atoms with Gasteiger partial charge in [-0.2, -0.15) is 4.31 Å². The molecule has 0 N–H and O–H groups in total. The molecule has 22 heavy (non-hydrogen) atoms. The van der Waals surface area contributed by atoms with Crippen LogP contribution in [0, 0.1) is 5.92 Å². The van der Waals surface area contributed by atoms with Crippen molar-refractivity contribution in [3.8, 4) is 0 Å². The lowest BCUT2D eigenvalue weighted by Crippen LogP contribution is -2.29. The van der Waals surface area contributed by atoms with Gasteiger partial charge in [0.25, 0.3) is 0 Å². The SMILES string of the molecule is CC1CCN(S(=O)(=O)c2c(Cl)ccc3nc(C(C)C)oc23)C1. The average Bonchev–Trinajstić information content (AvgIpc) is 3.04. The standard InChI is InChI=1S/C15H19ClN2O3S/c1-9(2)15-17-12-5-4-11(16)14(13(12)21-15)22(19,20)18-7-6-10(3)8-18/h4-5,9-10H,6-8H2,1-3H3. The first-order valence-corrected chi connectivity index (χ1v) is 9.21. The van der Waals surface area contributed by atoms with Crippen molar-refractivity contribution in [2.45, 2.75) is 38.0 Å². The molecule has 1 aliphatic heterocycles. The fraction of sp³-hybridized carbons (Fsp3) is 0.533. The number of halogens is 1. The van der Waals surface area contributed by atoms with E-state index in [-0.39, 0.29) is 21.4 Å². The molecule has 0 amide bonds. The number of nitrogens with zero attached hydrogens (tertiary/aromatic N) is 2. The summed E-state index contributed by atoms with van der Waals surface area (Å²) in [5.74, 6) is 0.950. The molecule has 0 aliphatic carbocycles. The Kier molecular flexibility index (Phi) is 3.95. The predicted molar refractivity (Wildman–Crippen MR) is 85.6 cm³/mol. The zero-order valence-corrected chi connectivity index (χ0v) is 14.4. The highest BCUT2D eigenvalue weighted by molar-refractivity contribution is 7.89. The van der Waals surface area contributed by atoms with Crippen molar-refractivity contribution in [1.29, 1.82) is 0 Å². The van der Waals surface area contributed by atoms with Crippen LogP contribution >= 0.6 is 11.6 Å². The normalized spacial score (nSPS) is 20.3. The first-order chi connectivity index (χ1) is 10.3. The molecule has 3 rings (SSSR count). The lowest BCUT2D eigenvalue weighted by molar-refractivity contribution is 0.460. The Morgan fingerprint density at radius 3 is 2.73 bits per heavy atom. The van der Waals surface area contributed by atoms with Crippen LogP contribution in [0.5, 0.6) is 0 Å². The van der Waals surface area contributed by atoms with Gasteiger partial charge >= 0.3 is 0 Å². The summed E-state index contributed by atoms with van der Waals surface area (Å²) in [5.41, 5.74) is 0.787. The first kappa shape index (κ1) is 15.8. The molecule has 7 heteroatoms. The van der Waals surface area contributed by atoms with Crippen molar-refractivity contribution in [2.24, 2.45) is 5.92 Å². The van der Waals surface area contributed by atoms with Gasteiger partial charge in [-0.3, -0.25) is 0 Å². The summed E-state index contributed by atoms with van der Waals surface area (Å²) in [5, 5.41) is 0.179. The third-order valence-corrected chi connectivity index (χ3v) is 6.32. The number of rotatable bonds is 3. The lowest BCUT2D eigenvalue weighted by atomic mass is 10.2. The zero-order valence-electron chi connectivity index (χ0n) is 12.8. The molecule has 1 fully saturated rings. The number of benzene rings is 1. The van der Waals surface area contributed by atoms with Crippen LogP contribution in [0.3, 0.4) is 0 Å². The second-order valence-corrected chi connectivity index (χ2v) is 8.47. The molecule has 2 aromatic rings. The first-order valence-electron chi connectivity index (χ1n) is 7.39. The Hall–Kier alpha value is -1.11. The number of sulfonamides is 1. The molecular formula is C15H19ClN2O3S. The molecule has 120 valence electrons. The van der Waals surface area contributed by atoms with Gasteiger partial charge in [0.05, 0.1) is 5.02 Å². The van der Waals surface area contributed by atoms with Crippen molar-refractivity contribution in [3.63, 3.8) is 0 Å². The van der Waals surface area contributed by atoms with Gasteiger partial charge in [0.1, 0.15) is 10.4 Å². The van der Waals surface area contributed by atoms with Gasteiger partial charge in [0.15, 0.2) is 11.5 Å². The Labute approximate surface area is 135 Å². The summed E-state index contributed by atoms with van der Waals surface area (Å²) in [6.07, 6.45) is 0.862. The van der Waals surface area contributed by atoms with Crippen LogP contribution < -0.4 is 0 Å². The fourth-order valence-electron chi connectivity index (χ4n) is 2.69. The maximum atomic E-state index is 12.9. The van der Waals surface area contributed by atoms with E-state index < -0.39 is 10.0 Å². The maximum absolute atomic E-state index is 12.9. The van der Waals surface area contributed by atoms with Gasteiger partial charge in [-0.15, -0.1) is 0 Å². The van der Waals surface area contributed by atoms with Crippen LogP contribution in [0.15, 0.2) is 21.4 Å². The monoisotopic (exact) mass is 342 g/mol. The van der Waals surface area contributed by atoms with Crippen LogP contribution in [0.25, 0.3) is 11.1 Å². The number of oxazole rings is 1. The maximum Gasteiger partial charge on any atom is 0.248 e. The van der Waals surface area contributed by atoms with Crippen molar-refractivity contribution < 1.29 is 12.8 Å². The lowest BCUT2D eigenvalue weighted by Gasteiger charge is -2.16. The van der Waals surface area contributed by atoms with Gasteiger partial charge in [-0.25, -0.2) is 13.4 Å². The topological polar surface area (TPSA) is 63.4 Å². The summed E-state index contributed by atoms with van der Waals surface area (Å²) in [6.45, 7) is 6.97. The predicted octanol–water partition coefficient (Wildman–Crippen LogP) is 3.64. The molecule has 1 aliphatic rings. The molecule has 5 nitrogen and oxygen atoms in total. The molecular weight excluding hydrogens is 324 g/mol. The van der Waals surface area contributed by atoms with E-state index in [1.54, 1.807) is 12.1 Å². The molecule has 2 heterocycles. The van der Waals surface area contributed by atoms with E-state index in [9.17, 15) is 8.42 Å². The summed E-state index contributed by atoms with van der Waals surface area (Å²) < 4.78 is 33.1. The summed E-state index contributed by atoms with van der Waals surface area (Å²) in [7, 11) is -3.67. The fourth-order valence-corrected chi connectivity index (χ4v) is 4.88. The van der Waals surface area contributed by atoms with Crippen molar-refractivity contribution >= 4 is 32.7 Å². The highest BCUT2D eigenvalue weighted by Gasteiger charge is 2.35.